The van der Waals surface area contributed by atoms with Crippen LogP contribution in [-0.2, 0) is 4.79 Å². The lowest BCUT2D eigenvalue weighted by Gasteiger charge is -2.37. The first-order valence-corrected chi connectivity index (χ1v) is 8.72. The summed E-state index contributed by atoms with van der Waals surface area (Å²) in [5.41, 5.74) is 0. The van der Waals surface area contributed by atoms with Gasteiger partial charge < -0.3 is 10.2 Å². The number of carbonyl (C=O) groups is 1. The molecule has 2 aliphatic carbocycles. The SMILES string of the molecule is CCCNC1CCC(N(C)C(=O)C2CCCCC2)CC1. The summed E-state index contributed by atoms with van der Waals surface area (Å²) >= 11 is 0. The molecule has 2 fully saturated rings. The molecule has 2 aliphatic rings. The highest BCUT2D eigenvalue weighted by Crippen LogP contribution is 2.28. The van der Waals surface area contributed by atoms with E-state index in [4.69, 9.17) is 0 Å². The van der Waals surface area contributed by atoms with E-state index in [0.717, 1.165) is 19.4 Å². The van der Waals surface area contributed by atoms with Crippen molar-refractivity contribution in [3.05, 3.63) is 0 Å². The van der Waals surface area contributed by atoms with Crippen molar-refractivity contribution < 1.29 is 4.79 Å². The first-order chi connectivity index (χ1) is 9.72. The Morgan fingerprint density at radius 1 is 1.05 bits per heavy atom. The van der Waals surface area contributed by atoms with Gasteiger partial charge in [-0.3, -0.25) is 4.79 Å². The van der Waals surface area contributed by atoms with Crippen LogP contribution in [0.5, 0.6) is 0 Å². The molecule has 0 bridgehead atoms. The van der Waals surface area contributed by atoms with E-state index in [0.29, 0.717) is 23.9 Å². The average molecular weight is 280 g/mol. The summed E-state index contributed by atoms with van der Waals surface area (Å²) in [6.07, 6.45) is 12.1. The van der Waals surface area contributed by atoms with Gasteiger partial charge in [0.25, 0.3) is 0 Å². The average Bonchev–Trinajstić information content (AvgIpc) is 2.53. The van der Waals surface area contributed by atoms with E-state index < -0.39 is 0 Å². The highest BCUT2D eigenvalue weighted by molar-refractivity contribution is 5.79. The fraction of sp³-hybridized carbons (Fsp3) is 0.941. The van der Waals surface area contributed by atoms with Crippen molar-refractivity contribution >= 4 is 5.91 Å². The lowest BCUT2D eigenvalue weighted by Crippen LogP contribution is -2.45. The van der Waals surface area contributed by atoms with Crippen LogP contribution in [0.15, 0.2) is 0 Å². The van der Waals surface area contributed by atoms with Gasteiger partial charge in [-0.25, -0.2) is 0 Å². The zero-order valence-corrected chi connectivity index (χ0v) is 13.4. The Morgan fingerprint density at radius 2 is 1.70 bits per heavy atom. The summed E-state index contributed by atoms with van der Waals surface area (Å²) in [5, 5.41) is 3.62. The third-order valence-corrected chi connectivity index (χ3v) is 5.23. The van der Waals surface area contributed by atoms with Crippen LogP contribution in [0.2, 0.25) is 0 Å². The smallest absolute Gasteiger partial charge is 0.225 e. The van der Waals surface area contributed by atoms with Crippen LogP contribution in [0.4, 0.5) is 0 Å². The molecule has 2 rings (SSSR count). The second-order valence-corrected chi connectivity index (χ2v) is 6.74. The molecule has 0 atom stereocenters. The van der Waals surface area contributed by atoms with Gasteiger partial charge in [-0.05, 0) is 51.5 Å². The summed E-state index contributed by atoms with van der Waals surface area (Å²) in [6, 6.07) is 1.17. The lowest BCUT2D eigenvalue weighted by molar-refractivity contribution is -0.138. The van der Waals surface area contributed by atoms with Gasteiger partial charge in [0.1, 0.15) is 0 Å². The molecule has 2 saturated carbocycles. The Hall–Kier alpha value is -0.570. The van der Waals surface area contributed by atoms with Crippen molar-refractivity contribution in [3.8, 4) is 0 Å². The number of carbonyl (C=O) groups excluding carboxylic acids is 1. The molecule has 0 spiro atoms. The van der Waals surface area contributed by atoms with Crippen LogP contribution in [0.25, 0.3) is 0 Å². The molecular formula is C17H32N2O. The Balaban J connectivity index is 1.75. The maximum absolute atomic E-state index is 12.6. The summed E-state index contributed by atoms with van der Waals surface area (Å²) < 4.78 is 0. The molecule has 3 heteroatoms. The topological polar surface area (TPSA) is 32.3 Å². The third kappa shape index (κ3) is 4.21. The van der Waals surface area contributed by atoms with E-state index in [9.17, 15) is 4.79 Å². The van der Waals surface area contributed by atoms with Gasteiger partial charge in [-0.2, -0.15) is 0 Å². The molecule has 0 aromatic heterocycles. The highest BCUT2D eigenvalue weighted by atomic mass is 16.2. The van der Waals surface area contributed by atoms with Gasteiger partial charge in [0.05, 0.1) is 0 Å². The van der Waals surface area contributed by atoms with Gasteiger partial charge in [-0.1, -0.05) is 26.2 Å². The normalized spacial score (nSPS) is 28.3. The standard InChI is InChI=1S/C17H32N2O/c1-3-13-18-15-9-11-16(12-10-15)19(2)17(20)14-7-5-4-6-8-14/h14-16,18H,3-13H2,1-2H3. The third-order valence-electron chi connectivity index (χ3n) is 5.23. The molecule has 20 heavy (non-hydrogen) atoms. The molecule has 1 N–H and O–H groups in total. The fourth-order valence-electron chi connectivity index (χ4n) is 3.83. The molecule has 0 heterocycles. The van der Waals surface area contributed by atoms with Crippen molar-refractivity contribution in [1.82, 2.24) is 10.2 Å². The number of rotatable bonds is 5. The van der Waals surface area contributed by atoms with Gasteiger partial charge in [0.15, 0.2) is 0 Å². The van der Waals surface area contributed by atoms with Crippen LogP contribution in [0, 0.1) is 5.92 Å². The maximum atomic E-state index is 12.6. The summed E-state index contributed by atoms with van der Waals surface area (Å²) in [5.74, 6) is 0.749. The lowest BCUT2D eigenvalue weighted by atomic mass is 9.86. The minimum atomic E-state index is 0.324. The molecule has 0 aromatic carbocycles. The Labute approximate surface area is 124 Å². The highest BCUT2D eigenvalue weighted by Gasteiger charge is 2.30. The van der Waals surface area contributed by atoms with E-state index in [-0.39, 0.29) is 0 Å². The van der Waals surface area contributed by atoms with Crippen LogP contribution in [0.1, 0.15) is 71.1 Å². The number of nitrogens with zero attached hydrogens (tertiary/aromatic N) is 1. The molecule has 0 radical (unpaired) electrons. The van der Waals surface area contributed by atoms with Crippen molar-refractivity contribution in [2.24, 2.45) is 5.92 Å². The Kier molecular flexibility index (Phi) is 6.34. The van der Waals surface area contributed by atoms with Crippen molar-refractivity contribution in [2.45, 2.75) is 83.2 Å². The number of nitrogens with one attached hydrogen (secondary N) is 1. The first-order valence-electron chi connectivity index (χ1n) is 8.72. The summed E-state index contributed by atoms with van der Waals surface area (Å²) in [4.78, 5) is 14.7. The molecule has 3 nitrogen and oxygen atoms in total. The molecule has 116 valence electrons. The van der Waals surface area contributed by atoms with Crippen molar-refractivity contribution in [2.75, 3.05) is 13.6 Å². The maximum Gasteiger partial charge on any atom is 0.225 e. The second-order valence-electron chi connectivity index (χ2n) is 6.74. The number of hydrogen-bond donors (Lipinski definition) is 1. The molecule has 0 aliphatic heterocycles. The zero-order valence-electron chi connectivity index (χ0n) is 13.4. The van der Waals surface area contributed by atoms with E-state index in [2.05, 4.69) is 17.1 Å². The molecule has 0 saturated heterocycles. The van der Waals surface area contributed by atoms with E-state index in [1.807, 2.05) is 7.05 Å². The predicted octanol–water partition coefficient (Wildman–Crippen LogP) is 3.34. The van der Waals surface area contributed by atoms with E-state index in [1.54, 1.807) is 0 Å². The van der Waals surface area contributed by atoms with Gasteiger partial charge >= 0.3 is 0 Å². The zero-order chi connectivity index (χ0) is 14.4. The van der Waals surface area contributed by atoms with E-state index in [1.165, 1.54) is 51.4 Å². The monoisotopic (exact) mass is 280 g/mol. The van der Waals surface area contributed by atoms with Crippen LogP contribution in [0.3, 0.4) is 0 Å². The van der Waals surface area contributed by atoms with Gasteiger partial charge in [-0.15, -0.1) is 0 Å². The van der Waals surface area contributed by atoms with E-state index >= 15 is 0 Å². The van der Waals surface area contributed by atoms with Gasteiger partial charge in [0.2, 0.25) is 5.91 Å². The molecule has 0 aromatic rings. The number of amides is 1. The van der Waals surface area contributed by atoms with Crippen LogP contribution >= 0.6 is 0 Å². The quantitative estimate of drug-likeness (QED) is 0.837. The van der Waals surface area contributed by atoms with Crippen molar-refractivity contribution in [3.63, 3.8) is 0 Å². The second kappa shape index (κ2) is 8.02. The Morgan fingerprint density at radius 3 is 2.30 bits per heavy atom. The largest absolute Gasteiger partial charge is 0.343 e. The molecule has 0 unspecified atom stereocenters. The predicted molar refractivity (Wildman–Crippen MR) is 83.7 cm³/mol. The number of hydrogen-bond acceptors (Lipinski definition) is 2. The minimum Gasteiger partial charge on any atom is -0.343 e. The first kappa shape index (κ1) is 15.8. The Bertz CT molecular complexity index is 291. The van der Waals surface area contributed by atoms with Gasteiger partial charge in [0, 0.05) is 25.0 Å². The summed E-state index contributed by atoms with van der Waals surface area (Å²) in [6.45, 7) is 3.35. The van der Waals surface area contributed by atoms with Crippen molar-refractivity contribution in [1.29, 1.82) is 0 Å². The molecular weight excluding hydrogens is 248 g/mol. The van der Waals surface area contributed by atoms with Crippen LogP contribution in [-0.4, -0.2) is 36.5 Å². The minimum absolute atomic E-state index is 0.324. The summed E-state index contributed by atoms with van der Waals surface area (Å²) in [7, 11) is 2.04. The van der Waals surface area contributed by atoms with Crippen LogP contribution < -0.4 is 5.32 Å². The fourth-order valence-corrected chi connectivity index (χ4v) is 3.83. The molecule has 1 amide bonds.